The second-order valence-corrected chi connectivity index (χ2v) is 5.87. The fourth-order valence-corrected chi connectivity index (χ4v) is 2.32. The second-order valence-electron chi connectivity index (χ2n) is 5.87. The van der Waals surface area contributed by atoms with Crippen LogP contribution in [0, 0.1) is 10.1 Å². The number of carbonyl (C=O) groups is 1. The molecule has 0 amide bonds. The highest BCUT2D eigenvalue weighted by Gasteiger charge is 2.30. The van der Waals surface area contributed by atoms with Crippen LogP contribution in [0.4, 0.5) is 18.9 Å². The van der Waals surface area contributed by atoms with Gasteiger partial charge in [0.25, 0.3) is 11.6 Å². The maximum atomic E-state index is 12.7. The number of nitrogens with zero attached hydrogens (tertiary/aromatic N) is 3. The lowest BCUT2D eigenvalue weighted by Crippen LogP contribution is -2.04. The molecule has 1 heterocycles. The van der Waals surface area contributed by atoms with Crippen molar-refractivity contribution in [1.29, 1.82) is 0 Å². The molecule has 2 aromatic carbocycles. The largest absolute Gasteiger partial charge is 0.452 e. The number of non-ortho nitro benzene ring substituents is 1. The fourth-order valence-electron chi connectivity index (χ4n) is 2.32. The average Bonchev–Trinajstić information content (AvgIpc) is 3.19. The first-order valence-electron chi connectivity index (χ1n) is 8.32. The summed E-state index contributed by atoms with van der Waals surface area (Å²) in [5.41, 5.74) is -0.308. The SMILES string of the molecule is O=C(/C=C/c1cccc(C(F)(F)F)c1)OCc1nnc(-c2ccc([N+](=O)[O-])cc2)o1. The van der Waals surface area contributed by atoms with Gasteiger partial charge in [-0.1, -0.05) is 12.1 Å². The van der Waals surface area contributed by atoms with Crippen molar-refractivity contribution in [3.05, 3.63) is 81.7 Å². The summed E-state index contributed by atoms with van der Waals surface area (Å²) < 4.78 is 48.3. The van der Waals surface area contributed by atoms with Gasteiger partial charge in [0.05, 0.1) is 10.5 Å². The molecule has 0 aliphatic heterocycles. The van der Waals surface area contributed by atoms with Gasteiger partial charge in [-0.25, -0.2) is 4.79 Å². The first-order chi connectivity index (χ1) is 14.2. The Morgan fingerprint density at radius 2 is 1.90 bits per heavy atom. The standard InChI is InChI=1S/C19H12F3N3O5/c20-19(21,22)14-3-1-2-12(10-14)4-9-17(26)29-11-16-23-24-18(30-16)13-5-7-15(8-6-13)25(27)28/h1-10H,11H2/b9-4+. The van der Waals surface area contributed by atoms with E-state index < -0.39 is 22.6 Å². The van der Waals surface area contributed by atoms with Gasteiger partial charge in [-0.2, -0.15) is 13.2 Å². The second kappa shape index (κ2) is 8.55. The third kappa shape index (κ3) is 5.28. The van der Waals surface area contributed by atoms with Crippen molar-refractivity contribution in [2.45, 2.75) is 12.8 Å². The third-order valence-electron chi connectivity index (χ3n) is 3.76. The van der Waals surface area contributed by atoms with Crippen LogP contribution >= 0.6 is 0 Å². The molecule has 30 heavy (non-hydrogen) atoms. The van der Waals surface area contributed by atoms with E-state index in [1.54, 1.807) is 0 Å². The van der Waals surface area contributed by atoms with Crippen LogP contribution in [0.3, 0.4) is 0 Å². The molecule has 8 nitrogen and oxygen atoms in total. The number of ether oxygens (including phenoxy) is 1. The number of alkyl halides is 3. The number of nitro benzene ring substituents is 1. The maximum absolute atomic E-state index is 12.7. The zero-order chi connectivity index (χ0) is 21.7. The Kier molecular flexibility index (Phi) is 5.90. The number of nitro groups is 1. The minimum atomic E-state index is -4.48. The summed E-state index contributed by atoms with van der Waals surface area (Å²) in [4.78, 5) is 21.9. The van der Waals surface area contributed by atoms with Crippen molar-refractivity contribution in [2.24, 2.45) is 0 Å². The highest BCUT2D eigenvalue weighted by Crippen LogP contribution is 2.29. The van der Waals surface area contributed by atoms with Crippen LogP contribution in [-0.4, -0.2) is 21.1 Å². The molecule has 0 aliphatic carbocycles. The average molecular weight is 419 g/mol. The van der Waals surface area contributed by atoms with Crippen molar-refractivity contribution in [1.82, 2.24) is 10.2 Å². The monoisotopic (exact) mass is 419 g/mol. The van der Waals surface area contributed by atoms with E-state index in [2.05, 4.69) is 10.2 Å². The highest BCUT2D eigenvalue weighted by molar-refractivity contribution is 5.87. The van der Waals surface area contributed by atoms with E-state index in [1.165, 1.54) is 42.5 Å². The molecular weight excluding hydrogens is 407 g/mol. The van der Waals surface area contributed by atoms with Crippen molar-refractivity contribution in [2.75, 3.05) is 0 Å². The Balaban J connectivity index is 1.58. The first kappa shape index (κ1) is 20.7. The Hall–Kier alpha value is -4.02. The summed E-state index contributed by atoms with van der Waals surface area (Å²) >= 11 is 0. The fraction of sp³-hybridized carbons (Fsp3) is 0.105. The van der Waals surface area contributed by atoms with E-state index >= 15 is 0 Å². The van der Waals surface area contributed by atoms with E-state index in [-0.39, 0.29) is 29.6 Å². The summed E-state index contributed by atoms with van der Waals surface area (Å²) in [7, 11) is 0. The Labute approximate surface area is 166 Å². The van der Waals surface area contributed by atoms with Crippen LogP contribution in [0.15, 0.2) is 59.0 Å². The predicted octanol–water partition coefficient (Wildman–Crippen LogP) is 4.42. The molecule has 0 N–H and O–H groups in total. The van der Waals surface area contributed by atoms with Gasteiger partial charge in [-0.3, -0.25) is 10.1 Å². The van der Waals surface area contributed by atoms with Crippen LogP contribution in [0.1, 0.15) is 17.0 Å². The van der Waals surface area contributed by atoms with E-state index in [0.717, 1.165) is 18.2 Å². The molecule has 3 rings (SSSR count). The molecule has 3 aromatic rings. The predicted molar refractivity (Wildman–Crippen MR) is 96.7 cm³/mol. The van der Waals surface area contributed by atoms with Crippen molar-refractivity contribution < 1.29 is 32.0 Å². The number of rotatable bonds is 6. The van der Waals surface area contributed by atoms with Gasteiger partial charge in [0.15, 0.2) is 6.61 Å². The minimum absolute atomic E-state index is 0.0239. The minimum Gasteiger partial charge on any atom is -0.452 e. The summed E-state index contributed by atoms with van der Waals surface area (Å²) in [5.74, 6) is -0.762. The van der Waals surface area contributed by atoms with Crippen molar-refractivity contribution in [3.8, 4) is 11.5 Å². The maximum Gasteiger partial charge on any atom is 0.416 e. The Bertz CT molecular complexity index is 1090. The topological polar surface area (TPSA) is 108 Å². The lowest BCUT2D eigenvalue weighted by Gasteiger charge is -2.06. The molecule has 0 fully saturated rings. The molecule has 11 heteroatoms. The Morgan fingerprint density at radius 1 is 1.17 bits per heavy atom. The molecule has 0 radical (unpaired) electrons. The van der Waals surface area contributed by atoms with Gasteiger partial charge in [0.2, 0.25) is 5.89 Å². The van der Waals surface area contributed by atoms with Crippen LogP contribution in [0.2, 0.25) is 0 Å². The van der Waals surface area contributed by atoms with Crippen molar-refractivity contribution in [3.63, 3.8) is 0 Å². The molecule has 0 spiro atoms. The molecular formula is C19H12F3N3O5. The van der Waals surface area contributed by atoms with Gasteiger partial charge < -0.3 is 9.15 Å². The molecule has 0 saturated carbocycles. The highest BCUT2D eigenvalue weighted by atomic mass is 19.4. The number of hydrogen-bond acceptors (Lipinski definition) is 7. The summed E-state index contributed by atoms with van der Waals surface area (Å²) in [6.07, 6.45) is -2.32. The smallest absolute Gasteiger partial charge is 0.416 e. The van der Waals surface area contributed by atoms with Gasteiger partial charge in [-0.15, -0.1) is 10.2 Å². The van der Waals surface area contributed by atoms with E-state index in [9.17, 15) is 28.1 Å². The normalized spacial score (nSPS) is 11.6. The summed E-state index contributed by atoms with van der Waals surface area (Å²) in [6, 6.07) is 9.87. The third-order valence-corrected chi connectivity index (χ3v) is 3.76. The number of carbonyl (C=O) groups excluding carboxylic acids is 1. The quantitative estimate of drug-likeness (QED) is 0.252. The van der Waals surface area contributed by atoms with Crippen LogP contribution in [-0.2, 0) is 22.3 Å². The molecule has 0 bridgehead atoms. The van der Waals surface area contributed by atoms with E-state index in [1.807, 2.05) is 0 Å². The molecule has 1 aromatic heterocycles. The van der Waals surface area contributed by atoms with Gasteiger partial charge in [-0.05, 0) is 35.9 Å². The zero-order valence-electron chi connectivity index (χ0n) is 15.0. The number of halogens is 3. The molecule has 0 atom stereocenters. The van der Waals surface area contributed by atoms with Crippen LogP contribution in [0.5, 0.6) is 0 Å². The van der Waals surface area contributed by atoms with Crippen molar-refractivity contribution >= 4 is 17.7 Å². The molecule has 0 aliphatic rings. The Morgan fingerprint density at radius 3 is 2.57 bits per heavy atom. The first-order valence-corrected chi connectivity index (χ1v) is 8.32. The number of esters is 1. The number of benzene rings is 2. The van der Waals surface area contributed by atoms with E-state index in [0.29, 0.717) is 5.56 Å². The molecule has 154 valence electrons. The van der Waals surface area contributed by atoms with Crippen LogP contribution < -0.4 is 0 Å². The molecule has 0 saturated heterocycles. The molecule has 0 unspecified atom stereocenters. The number of hydrogen-bond donors (Lipinski definition) is 0. The van der Waals surface area contributed by atoms with Gasteiger partial charge in [0.1, 0.15) is 0 Å². The lowest BCUT2D eigenvalue weighted by molar-refractivity contribution is -0.384. The number of aromatic nitrogens is 2. The summed E-state index contributed by atoms with van der Waals surface area (Å²) in [6.45, 7) is -0.355. The van der Waals surface area contributed by atoms with E-state index in [4.69, 9.17) is 9.15 Å². The lowest BCUT2D eigenvalue weighted by atomic mass is 10.1. The van der Waals surface area contributed by atoms with Crippen LogP contribution in [0.25, 0.3) is 17.5 Å². The zero-order valence-corrected chi connectivity index (χ0v) is 15.0. The van der Waals surface area contributed by atoms with Gasteiger partial charge >= 0.3 is 12.1 Å². The summed E-state index contributed by atoms with van der Waals surface area (Å²) in [5, 5.41) is 18.1. The van der Waals surface area contributed by atoms with Gasteiger partial charge in [0, 0.05) is 23.8 Å².